The van der Waals surface area contributed by atoms with Gasteiger partial charge in [0.05, 0.1) is 30.4 Å². The lowest BCUT2D eigenvalue weighted by Crippen LogP contribution is -2.28. The lowest BCUT2D eigenvalue weighted by Gasteiger charge is -2.32. The van der Waals surface area contributed by atoms with Gasteiger partial charge in [0.15, 0.2) is 5.82 Å². The molecule has 0 saturated carbocycles. The van der Waals surface area contributed by atoms with Crippen LogP contribution in [-0.4, -0.2) is 37.1 Å². The van der Waals surface area contributed by atoms with Gasteiger partial charge >= 0.3 is 6.01 Å². The van der Waals surface area contributed by atoms with Crippen LogP contribution in [0.2, 0.25) is 0 Å². The number of aliphatic hydroxyl groups excluding tert-OH is 1. The van der Waals surface area contributed by atoms with Crippen LogP contribution in [0.25, 0.3) is 5.70 Å². The molecule has 0 fully saturated rings. The van der Waals surface area contributed by atoms with E-state index in [9.17, 15) is 5.11 Å². The van der Waals surface area contributed by atoms with Crippen LogP contribution in [0.3, 0.4) is 0 Å². The third-order valence-electron chi connectivity index (χ3n) is 5.81. The second-order valence-electron chi connectivity index (χ2n) is 7.87. The highest BCUT2D eigenvalue weighted by Gasteiger charge is 2.30. The number of aromatic nitrogens is 5. The minimum atomic E-state index is -0.0369. The first-order valence-corrected chi connectivity index (χ1v) is 10.8. The molecule has 5 rings (SSSR count). The molecule has 164 valence electrons. The first kappa shape index (κ1) is 20.5. The molecule has 0 radical (unpaired) electrons. The van der Waals surface area contributed by atoms with Gasteiger partial charge in [-0.15, -0.1) is 0 Å². The standard InChI is InChI=1S/C23H23ClN6O2/c1-14-3-8-18(11-16(14)13-31)32-23-27-20-12-19(24)21(29(2)22(20)28-23)15-4-6-17(7-5-15)30-25-9-10-26-30/h3-4,6-11,15,31H,5,12-13H2,1-2H3,(H,27,28). The van der Waals surface area contributed by atoms with E-state index < -0.39 is 0 Å². The molecule has 0 spiro atoms. The smallest absolute Gasteiger partial charge is 0.301 e. The van der Waals surface area contributed by atoms with Crippen molar-refractivity contribution in [2.24, 2.45) is 5.92 Å². The summed E-state index contributed by atoms with van der Waals surface area (Å²) in [6.45, 7) is 1.92. The highest BCUT2D eigenvalue weighted by molar-refractivity contribution is 6.30. The number of aryl methyl sites for hydroxylation is 1. The van der Waals surface area contributed by atoms with Crippen molar-refractivity contribution in [3.63, 3.8) is 0 Å². The van der Waals surface area contributed by atoms with Crippen molar-refractivity contribution in [3.05, 3.63) is 76.4 Å². The first-order valence-electron chi connectivity index (χ1n) is 10.4. The summed E-state index contributed by atoms with van der Waals surface area (Å²) in [6.07, 6.45) is 10.9. The summed E-state index contributed by atoms with van der Waals surface area (Å²) in [6, 6.07) is 6.00. The number of hydrogen-bond acceptors (Lipinski definition) is 6. The number of benzene rings is 1. The Morgan fingerprint density at radius 1 is 1.28 bits per heavy atom. The fourth-order valence-corrected chi connectivity index (χ4v) is 4.52. The molecule has 1 aromatic carbocycles. The van der Waals surface area contributed by atoms with Crippen LogP contribution < -0.4 is 9.64 Å². The van der Waals surface area contributed by atoms with Crippen LogP contribution in [0.15, 0.2) is 59.6 Å². The van der Waals surface area contributed by atoms with Gasteiger partial charge in [-0.3, -0.25) is 0 Å². The second kappa shape index (κ2) is 8.29. The maximum absolute atomic E-state index is 9.50. The van der Waals surface area contributed by atoms with Crippen LogP contribution in [0.5, 0.6) is 11.8 Å². The van der Waals surface area contributed by atoms with E-state index >= 15 is 0 Å². The molecule has 2 aliphatic rings. The molecule has 3 heterocycles. The number of nitrogens with one attached hydrogen (secondary N) is 1. The molecule has 0 bridgehead atoms. The molecule has 9 heteroatoms. The average Bonchev–Trinajstić information content (AvgIpc) is 3.46. The maximum atomic E-state index is 9.50. The zero-order valence-electron chi connectivity index (χ0n) is 17.8. The molecule has 0 amide bonds. The number of imidazole rings is 1. The van der Waals surface area contributed by atoms with Gasteiger partial charge in [0, 0.05) is 30.1 Å². The molecular formula is C23H23ClN6O2. The number of anilines is 1. The average molecular weight is 451 g/mol. The molecule has 0 saturated heterocycles. The molecule has 1 unspecified atom stereocenters. The van der Waals surface area contributed by atoms with Crippen LogP contribution in [0.1, 0.15) is 23.2 Å². The quantitative estimate of drug-likeness (QED) is 0.606. The normalized spacial score (nSPS) is 18.1. The molecule has 2 N–H and O–H groups in total. The van der Waals surface area contributed by atoms with Crippen molar-refractivity contribution in [2.45, 2.75) is 26.4 Å². The van der Waals surface area contributed by atoms with Crippen molar-refractivity contribution >= 4 is 23.1 Å². The van der Waals surface area contributed by atoms with Crippen molar-refractivity contribution in [2.75, 3.05) is 11.9 Å². The van der Waals surface area contributed by atoms with E-state index in [1.807, 2.05) is 43.1 Å². The van der Waals surface area contributed by atoms with Gasteiger partial charge in [-0.05, 0) is 42.7 Å². The first-order chi connectivity index (χ1) is 15.5. The number of halogens is 1. The topological polar surface area (TPSA) is 92.1 Å². The van der Waals surface area contributed by atoms with Gasteiger partial charge in [-0.1, -0.05) is 29.8 Å². The third kappa shape index (κ3) is 3.72. The summed E-state index contributed by atoms with van der Waals surface area (Å²) in [5, 5.41) is 18.7. The molecule has 1 aliphatic carbocycles. The van der Waals surface area contributed by atoms with E-state index in [1.165, 1.54) is 0 Å². The molecule has 1 atom stereocenters. The maximum Gasteiger partial charge on any atom is 0.301 e. The summed E-state index contributed by atoms with van der Waals surface area (Å²) in [4.78, 5) is 11.5. The van der Waals surface area contributed by atoms with E-state index in [1.54, 1.807) is 17.2 Å². The monoisotopic (exact) mass is 450 g/mol. The van der Waals surface area contributed by atoms with E-state index in [2.05, 4.69) is 32.3 Å². The van der Waals surface area contributed by atoms with Crippen LogP contribution >= 0.6 is 11.6 Å². The van der Waals surface area contributed by atoms with Gasteiger partial charge in [0.25, 0.3) is 0 Å². The zero-order valence-corrected chi connectivity index (χ0v) is 18.5. The summed E-state index contributed by atoms with van der Waals surface area (Å²) in [5.74, 6) is 1.55. The highest BCUT2D eigenvalue weighted by atomic mass is 35.5. The number of H-pyrrole nitrogens is 1. The van der Waals surface area contributed by atoms with Crippen molar-refractivity contribution in [1.29, 1.82) is 0 Å². The second-order valence-corrected chi connectivity index (χ2v) is 8.32. The van der Waals surface area contributed by atoms with Crippen LogP contribution in [0, 0.1) is 12.8 Å². The summed E-state index contributed by atoms with van der Waals surface area (Å²) < 4.78 is 5.94. The fourth-order valence-electron chi connectivity index (χ4n) is 4.12. The van der Waals surface area contributed by atoms with Crippen LogP contribution in [-0.2, 0) is 13.0 Å². The Balaban J connectivity index is 1.35. The number of rotatable bonds is 5. The number of hydrogen-bond donors (Lipinski definition) is 2. The summed E-state index contributed by atoms with van der Waals surface area (Å²) >= 11 is 6.74. The SMILES string of the molecule is Cc1ccc(Oc2nc3c([nH]2)CC(Cl)=C(C2C=CC(n4nccn4)=CC2)N3C)cc1CO. The summed E-state index contributed by atoms with van der Waals surface area (Å²) in [5.41, 5.74) is 4.71. The van der Waals surface area contributed by atoms with Crippen LogP contribution in [0.4, 0.5) is 5.82 Å². The lowest BCUT2D eigenvalue weighted by atomic mass is 9.92. The van der Waals surface area contributed by atoms with E-state index in [-0.39, 0.29) is 12.5 Å². The van der Waals surface area contributed by atoms with Gasteiger partial charge in [-0.25, -0.2) is 0 Å². The predicted octanol–water partition coefficient (Wildman–Crippen LogP) is 4.15. The summed E-state index contributed by atoms with van der Waals surface area (Å²) in [7, 11) is 1.97. The fraction of sp³-hybridized carbons (Fsp3) is 0.261. The Bertz CT molecular complexity index is 1240. The Labute approximate surface area is 190 Å². The van der Waals surface area contributed by atoms with E-state index in [4.69, 9.17) is 16.3 Å². The molecule has 8 nitrogen and oxygen atoms in total. The number of aliphatic hydroxyl groups is 1. The van der Waals surface area contributed by atoms with Gasteiger partial charge in [-0.2, -0.15) is 20.0 Å². The molecule has 3 aromatic rings. The molecule has 2 aromatic heterocycles. The Kier molecular flexibility index (Phi) is 5.32. The molecule has 1 aliphatic heterocycles. The Morgan fingerprint density at radius 2 is 2.09 bits per heavy atom. The molecular weight excluding hydrogens is 428 g/mol. The van der Waals surface area contributed by atoms with Crippen molar-refractivity contribution < 1.29 is 9.84 Å². The van der Waals surface area contributed by atoms with E-state index in [0.29, 0.717) is 18.2 Å². The number of nitrogens with zero attached hydrogens (tertiary/aromatic N) is 5. The van der Waals surface area contributed by atoms with Gasteiger partial charge < -0.3 is 19.7 Å². The van der Waals surface area contributed by atoms with Crippen molar-refractivity contribution in [1.82, 2.24) is 25.0 Å². The predicted molar refractivity (Wildman–Crippen MR) is 122 cm³/mol. The number of ether oxygens (including phenoxy) is 1. The minimum absolute atomic E-state index is 0.0369. The zero-order chi connectivity index (χ0) is 22.2. The third-order valence-corrected chi connectivity index (χ3v) is 6.14. The number of fused-ring (bicyclic) bond motifs is 1. The number of allylic oxidation sites excluding steroid dienone is 5. The highest BCUT2D eigenvalue weighted by Crippen LogP contribution is 2.40. The largest absolute Gasteiger partial charge is 0.426 e. The minimum Gasteiger partial charge on any atom is -0.426 e. The van der Waals surface area contributed by atoms with Gasteiger partial charge in [0.2, 0.25) is 0 Å². The Morgan fingerprint density at radius 3 is 2.81 bits per heavy atom. The molecule has 32 heavy (non-hydrogen) atoms. The lowest BCUT2D eigenvalue weighted by molar-refractivity contribution is 0.280. The Hall–Kier alpha value is -3.36. The van der Waals surface area contributed by atoms with Crippen molar-refractivity contribution in [3.8, 4) is 11.8 Å². The van der Waals surface area contributed by atoms with Gasteiger partial charge in [0.1, 0.15) is 5.75 Å². The number of aromatic amines is 1. The van der Waals surface area contributed by atoms with E-state index in [0.717, 1.165) is 45.5 Å².